The minimum atomic E-state index is -0.824. The summed E-state index contributed by atoms with van der Waals surface area (Å²) < 4.78 is 15.6. The van der Waals surface area contributed by atoms with E-state index in [9.17, 15) is 9.59 Å². The molecule has 0 aromatic heterocycles. The molecule has 0 heterocycles. The number of esters is 1. The Labute approximate surface area is 143 Å². The molecule has 1 atom stereocenters. The number of rotatable bonds is 6. The monoisotopic (exact) mass is 337 g/mol. The number of amides is 1. The molecule has 0 spiro atoms. The summed E-state index contributed by atoms with van der Waals surface area (Å²) in [6.45, 7) is 9.50. The molecule has 0 radical (unpaired) electrons. The van der Waals surface area contributed by atoms with Crippen LogP contribution in [0.1, 0.15) is 38.3 Å². The number of aryl methyl sites for hydroxylation is 1. The van der Waals surface area contributed by atoms with Gasteiger partial charge in [-0.15, -0.1) is 0 Å². The molecule has 6 nitrogen and oxygen atoms in total. The number of carbonyl (C=O) groups excluding carboxylic acids is 2. The van der Waals surface area contributed by atoms with Gasteiger partial charge >= 0.3 is 12.1 Å². The molecule has 0 fully saturated rings. The SMILES string of the molecule is COC(=O)C(CCOc1cccc(C)c1C)NC(=O)OC(C)(C)C. The van der Waals surface area contributed by atoms with E-state index in [0.29, 0.717) is 0 Å². The van der Waals surface area contributed by atoms with Gasteiger partial charge in [-0.05, 0) is 51.8 Å². The van der Waals surface area contributed by atoms with Crippen LogP contribution in [0.2, 0.25) is 0 Å². The highest BCUT2D eigenvalue weighted by molar-refractivity contribution is 5.81. The largest absolute Gasteiger partial charge is 0.493 e. The van der Waals surface area contributed by atoms with Crippen molar-refractivity contribution in [2.45, 2.75) is 52.7 Å². The Kier molecular flexibility index (Phi) is 7.07. The van der Waals surface area contributed by atoms with E-state index in [-0.39, 0.29) is 13.0 Å². The van der Waals surface area contributed by atoms with E-state index in [1.54, 1.807) is 20.8 Å². The van der Waals surface area contributed by atoms with Gasteiger partial charge in [0.05, 0.1) is 13.7 Å². The van der Waals surface area contributed by atoms with Gasteiger partial charge in [-0.1, -0.05) is 12.1 Å². The Morgan fingerprint density at radius 1 is 1.21 bits per heavy atom. The van der Waals surface area contributed by atoms with Crippen LogP contribution in [0.15, 0.2) is 18.2 Å². The second-order valence-electron chi connectivity index (χ2n) is 6.56. The molecule has 0 aliphatic rings. The third-order valence-corrected chi connectivity index (χ3v) is 3.40. The number of alkyl carbamates (subject to hydrolysis) is 1. The summed E-state index contributed by atoms with van der Waals surface area (Å²) in [7, 11) is 1.28. The molecule has 1 aromatic rings. The summed E-state index contributed by atoms with van der Waals surface area (Å²) in [4.78, 5) is 23.7. The number of methoxy groups -OCH3 is 1. The molecule has 134 valence electrons. The van der Waals surface area contributed by atoms with E-state index >= 15 is 0 Å². The second kappa shape index (κ2) is 8.57. The summed E-state index contributed by atoms with van der Waals surface area (Å²) in [6, 6.07) is 4.96. The quantitative estimate of drug-likeness (QED) is 0.807. The molecule has 0 saturated heterocycles. The van der Waals surface area contributed by atoms with Crippen molar-refractivity contribution in [2.24, 2.45) is 0 Å². The van der Waals surface area contributed by atoms with Crippen molar-refractivity contribution in [1.29, 1.82) is 0 Å². The lowest BCUT2D eigenvalue weighted by atomic mass is 10.1. The fourth-order valence-electron chi connectivity index (χ4n) is 2.01. The Morgan fingerprint density at radius 2 is 1.88 bits per heavy atom. The van der Waals surface area contributed by atoms with Crippen LogP contribution >= 0.6 is 0 Å². The highest BCUT2D eigenvalue weighted by Crippen LogP contribution is 2.20. The van der Waals surface area contributed by atoms with Crippen LogP contribution in [-0.4, -0.2) is 37.4 Å². The molecular formula is C18H27NO5. The van der Waals surface area contributed by atoms with Crippen molar-refractivity contribution >= 4 is 12.1 Å². The van der Waals surface area contributed by atoms with Crippen LogP contribution in [0.5, 0.6) is 5.75 Å². The third-order valence-electron chi connectivity index (χ3n) is 3.40. The van der Waals surface area contributed by atoms with Crippen LogP contribution in [0.4, 0.5) is 4.79 Å². The van der Waals surface area contributed by atoms with E-state index in [1.165, 1.54) is 7.11 Å². The van der Waals surface area contributed by atoms with Crippen molar-refractivity contribution in [3.05, 3.63) is 29.3 Å². The first-order valence-electron chi connectivity index (χ1n) is 7.90. The van der Waals surface area contributed by atoms with E-state index < -0.39 is 23.7 Å². The van der Waals surface area contributed by atoms with E-state index in [4.69, 9.17) is 14.2 Å². The van der Waals surface area contributed by atoms with E-state index in [1.807, 2.05) is 32.0 Å². The summed E-state index contributed by atoms with van der Waals surface area (Å²) >= 11 is 0. The molecule has 6 heteroatoms. The predicted molar refractivity (Wildman–Crippen MR) is 91.2 cm³/mol. The van der Waals surface area contributed by atoms with Gasteiger partial charge in [0.25, 0.3) is 0 Å². The van der Waals surface area contributed by atoms with Crippen molar-refractivity contribution in [3.63, 3.8) is 0 Å². The van der Waals surface area contributed by atoms with Crippen LogP contribution in [0, 0.1) is 13.8 Å². The Hall–Kier alpha value is -2.24. The van der Waals surface area contributed by atoms with Crippen LogP contribution in [0.3, 0.4) is 0 Å². The fourth-order valence-corrected chi connectivity index (χ4v) is 2.01. The van der Waals surface area contributed by atoms with Gasteiger partial charge in [0.15, 0.2) is 0 Å². The van der Waals surface area contributed by atoms with Gasteiger partial charge in [0.2, 0.25) is 0 Å². The molecular weight excluding hydrogens is 310 g/mol. The Balaban J connectivity index is 2.62. The molecule has 1 unspecified atom stereocenters. The van der Waals surface area contributed by atoms with Crippen LogP contribution in [0.25, 0.3) is 0 Å². The molecule has 1 amide bonds. The van der Waals surface area contributed by atoms with Crippen molar-refractivity contribution in [2.75, 3.05) is 13.7 Å². The predicted octanol–water partition coefficient (Wildman–Crippen LogP) is 3.14. The first-order valence-corrected chi connectivity index (χ1v) is 7.90. The molecule has 24 heavy (non-hydrogen) atoms. The first-order chi connectivity index (χ1) is 11.1. The average Bonchev–Trinajstić information content (AvgIpc) is 2.47. The summed E-state index contributed by atoms with van der Waals surface area (Å²) in [5.41, 5.74) is 1.54. The topological polar surface area (TPSA) is 73.9 Å². The molecule has 0 saturated carbocycles. The summed E-state index contributed by atoms with van der Waals surface area (Å²) in [5, 5.41) is 2.52. The zero-order valence-corrected chi connectivity index (χ0v) is 15.3. The summed E-state index contributed by atoms with van der Waals surface area (Å²) in [6.07, 6.45) is -0.385. The molecule has 1 rings (SSSR count). The number of ether oxygens (including phenoxy) is 3. The van der Waals surface area contributed by atoms with Gasteiger partial charge < -0.3 is 19.5 Å². The van der Waals surface area contributed by atoms with Crippen LogP contribution in [-0.2, 0) is 14.3 Å². The zero-order chi connectivity index (χ0) is 18.3. The second-order valence-corrected chi connectivity index (χ2v) is 6.56. The van der Waals surface area contributed by atoms with Gasteiger partial charge in [0.1, 0.15) is 17.4 Å². The van der Waals surface area contributed by atoms with Crippen molar-refractivity contribution in [1.82, 2.24) is 5.32 Å². The lowest BCUT2D eigenvalue weighted by Gasteiger charge is -2.22. The molecule has 0 aliphatic carbocycles. The van der Waals surface area contributed by atoms with Gasteiger partial charge in [-0.2, -0.15) is 0 Å². The van der Waals surface area contributed by atoms with Crippen molar-refractivity contribution in [3.8, 4) is 5.75 Å². The van der Waals surface area contributed by atoms with E-state index in [2.05, 4.69) is 5.32 Å². The smallest absolute Gasteiger partial charge is 0.408 e. The number of hydrogen-bond donors (Lipinski definition) is 1. The Morgan fingerprint density at radius 3 is 2.46 bits per heavy atom. The Bertz CT molecular complexity index is 577. The molecule has 1 aromatic carbocycles. The lowest BCUT2D eigenvalue weighted by Crippen LogP contribution is -2.44. The normalized spacial score (nSPS) is 12.2. The molecule has 0 aliphatic heterocycles. The zero-order valence-electron chi connectivity index (χ0n) is 15.3. The summed E-state index contributed by atoms with van der Waals surface area (Å²) in [5.74, 6) is 0.223. The number of carbonyl (C=O) groups is 2. The van der Waals surface area contributed by atoms with E-state index in [0.717, 1.165) is 16.9 Å². The maximum absolute atomic E-state index is 11.8. The average molecular weight is 337 g/mol. The van der Waals surface area contributed by atoms with Gasteiger partial charge in [-0.25, -0.2) is 9.59 Å². The fraction of sp³-hybridized carbons (Fsp3) is 0.556. The number of nitrogens with one attached hydrogen (secondary N) is 1. The lowest BCUT2D eigenvalue weighted by molar-refractivity contribution is -0.143. The van der Waals surface area contributed by atoms with Crippen molar-refractivity contribution < 1.29 is 23.8 Å². The maximum Gasteiger partial charge on any atom is 0.408 e. The number of benzene rings is 1. The first kappa shape index (κ1) is 19.8. The standard InChI is InChI=1S/C18H27NO5/c1-12-8-7-9-15(13(12)2)23-11-10-14(16(20)22-6)19-17(21)24-18(3,4)5/h7-9,14H,10-11H2,1-6H3,(H,19,21). The third kappa shape index (κ3) is 6.48. The number of hydrogen-bond acceptors (Lipinski definition) is 5. The highest BCUT2D eigenvalue weighted by atomic mass is 16.6. The minimum Gasteiger partial charge on any atom is -0.493 e. The molecule has 0 bridgehead atoms. The minimum absolute atomic E-state index is 0.264. The van der Waals surface area contributed by atoms with Gasteiger partial charge in [-0.3, -0.25) is 0 Å². The van der Waals surface area contributed by atoms with Crippen LogP contribution < -0.4 is 10.1 Å². The highest BCUT2D eigenvalue weighted by Gasteiger charge is 2.25. The maximum atomic E-state index is 11.8. The van der Waals surface area contributed by atoms with Gasteiger partial charge in [0, 0.05) is 6.42 Å². The molecule has 1 N–H and O–H groups in total.